The van der Waals surface area contributed by atoms with Crippen LogP contribution in [0.15, 0.2) is 59.6 Å². The Morgan fingerprint density at radius 1 is 0.900 bits per heavy atom. The number of rotatable bonds is 4. The summed E-state index contributed by atoms with van der Waals surface area (Å²) in [6.45, 7) is 3.14. The largest absolute Gasteiger partial charge is 0.372 e. The Labute approximate surface area is 120 Å². The monoisotopic (exact) mass is 264 g/mol. The van der Waals surface area contributed by atoms with Crippen molar-refractivity contribution in [3.63, 3.8) is 0 Å². The summed E-state index contributed by atoms with van der Waals surface area (Å²) >= 11 is 0. The third-order valence-corrected chi connectivity index (χ3v) is 3.72. The van der Waals surface area contributed by atoms with Gasteiger partial charge in [-0.2, -0.15) is 0 Å². The summed E-state index contributed by atoms with van der Waals surface area (Å²) in [7, 11) is 0. The van der Waals surface area contributed by atoms with Crippen LogP contribution in [0.25, 0.3) is 0 Å². The Hall–Kier alpha value is -2.09. The van der Waals surface area contributed by atoms with Gasteiger partial charge in [0.25, 0.3) is 0 Å². The lowest BCUT2D eigenvalue weighted by atomic mass is 10.2. The average molecular weight is 264 g/mol. The Balaban J connectivity index is 1.60. The van der Waals surface area contributed by atoms with Crippen molar-refractivity contribution in [3.8, 4) is 0 Å². The van der Waals surface area contributed by atoms with Crippen molar-refractivity contribution < 1.29 is 0 Å². The van der Waals surface area contributed by atoms with E-state index in [9.17, 15) is 0 Å². The highest BCUT2D eigenvalue weighted by Gasteiger charge is 2.11. The van der Waals surface area contributed by atoms with Gasteiger partial charge in [-0.3, -0.25) is 4.99 Å². The molecule has 1 aliphatic heterocycles. The number of benzene rings is 2. The Morgan fingerprint density at radius 2 is 1.60 bits per heavy atom. The zero-order valence-electron chi connectivity index (χ0n) is 11.7. The highest BCUT2D eigenvalue weighted by atomic mass is 15.1. The van der Waals surface area contributed by atoms with Crippen LogP contribution in [-0.2, 0) is 6.54 Å². The molecule has 2 aromatic rings. The number of anilines is 1. The SMILES string of the molecule is C(=NCc1ccccc1)c1ccc(N2CCCC2)cc1. The molecule has 0 atom stereocenters. The summed E-state index contributed by atoms with van der Waals surface area (Å²) in [5.41, 5.74) is 3.75. The van der Waals surface area contributed by atoms with Crippen LogP contribution in [0.4, 0.5) is 5.69 Å². The minimum Gasteiger partial charge on any atom is -0.372 e. The molecule has 0 unspecified atom stereocenters. The van der Waals surface area contributed by atoms with Gasteiger partial charge in [-0.1, -0.05) is 42.5 Å². The van der Waals surface area contributed by atoms with Crippen LogP contribution >= 0.6 is 0 Å². The van der Waals surface area contributed by atoms with E-state index in [4.69, 9.17) is 0 Å². The molecule has 0 bridgehead atoms. The number of hydrogen-bond donors (Lipinski definition) is 0. The number of nitrogens with zero attached hydrogens (tertiary/aromatic N) is 2. The van der Waals surface area contributed by atoms with Crippen molar-refractivity contribution >= 4 is 11.9 Å². The predicted molar refractivity (Wildman–Crippen MR) is 85.6 cm³/mol. The zero-order chi connectivity index (χ0) is 13.6. The first kappa shape index (κ1) is 12.9. The van der Waals surface area contributed by atoms with Gasteiger partial charge >= 0.3 is 0 Å². The highest BCUT2D eigenvalue weighted by molar-refractivity contribution is 5.80. The van der Waals surface area contributed by atoms with Crippen LogP contribution in [-0.4, -0.2) is 19.3 Å². The molecule has 2 aromatic carbocycles. The molecule has 1 saturated heterocycles. The van der Waals surface area contributed by atoms with Crippen LogP contribution in [0, 0.1) is 0 Å². The third-order valence-electron chi connectivity index (χ3n) is 3.72. The first-order valence-electron chi connectivity index (χ1n) is 7.30. The minimum absolute atomic E-state index is 0.745. The van der Waals surface area contributed by atoms with Crippen LogP contribution in [0.2, 0.25) is 0 Å². The van der Waals surface area contributed by atoms with Gasteiger partial charge in [-0.25, -0.2) is 0 Å². The lowest BCUT2D eigenvalue weighted by Crippen LogP contribution is -2.17. The molecule has 20 heavy (non-hydrogen) atoms. The molecule has 3 rings (SSSR count). The number of hydrogen-bond acceptors (Lipinski definition) is 2. The van der Waals surface area contributed by atoms with E-state index >= 15 is 0 Å². The normalized spacial score (nSPS) is 15.1. The molecule has 0 N–H and O–H groups in total. The first-order valence-corrected chi connectivity index (χ1v) is 7.30. The Morgan fingerprint density at radius 3 is 2.30 bits per heavy atom. The van der Waals surface area contributed by atoms with Crippen LogP contribution in [0.1, 0.15) is 24.0 Å². The second-order valence-corrected chi connectivity index (χ2v) is 5.24. The molecule has 1 fully saturated rings. The molecular weight excluding hydrogens is 244 g/mol. The van der Waals surface area contributed by atoms with E-state index in [1.165, 1.54) is 42.7 Å². The van der Waals surface area contributed by atoms with Gasteiger partial charge in [0.05, 0.1) is 6.54 Å². The third kappa shape index (κ3) is 3.27. The maximum Gasteiger partial charge on any atom is 0.0639 e. The molecule has 1 heterocycles. The fourth-order valence-corrected chi connectivity index (χ4v) is 2.59. The quantitative estimate of drug-likeness (QED) is 0.765. The van der Waals surface area contributed by atoms with Gasteiger partial charge in [0, 0.05) is 25.0 Å². The molecule has 0 spiro atoms. The molecule has 1 aliphatic rings. The molecule has 0 aliphatic carbocycles. The van der Waals surface area contributed by atoms with Gasteiger partial charge in [0.15, 0.2) is 0 Å². The summed E-state index contributed by atoms with van der Waals surface area (Å²) in [5.74, 6) is 0. The summed E-state index contributed by atoms with van der Waals surface area (Å²) in [5, 5.41) is 0. The van der Waals surface area contributed by atoms with Crippen LogP contribution in [0.3, 0.4) is 0 Å². The molecule has 0 saturated carbocycles. The Bertz CT molecular complexity index is 552. The van der Waals surface area contributed by atoms with Crippen LogP contribution < -0.4 is 4.90 Å². The second-order valence-electron chi connectivity index (χ2n) is 5.24. The topological polar surface area (TPSA) is 15.6 Å². The summed E-state index contributed by atoms with van der Waals surface area (Å²) < 4.78 is 0. The van der Waals surface area contributed by atoms with Crippen molar-refractivity contribution in [1.82, 2.24) is 0 Å². The molecule has 2 heteroatoms. The maximum absolute atomic E-state index is 4.50. The minimum atomic E-state index is 0.745. The van der Waals surface area contributed by atoms with Gasteiger partial charge < -0.3 is 4.90 Å². The lowest BCUT2D eigenvalue weighted by Gasteiger charge is -2.17. The van der Waals surface area contributed by atoms with E-state index in [-0.39, 0.29) is 0 Å². The lowest BCUT2D eigenvalue weighted by molar-refractivity contribution is 0.949. The Kier molecular flexibility index (Phi) is 4.12. The fourth-order valence-electron chi connectivity index (χ4n) is 2.59. The molecule has 0 radical (unpaired) electrons. The second kappa shape index (κ2) is 6.38. The number of aliphatic imine (C=N–C) groups is 1. The molecule has 0 aromatic heterocycles. The van der Waals surface area contributed by atoms with Gasteiger partial charge in [0.2, 0.25) is 0 Å². The maximum atomic E-state index is 4.50. The van der Waals surface area contributed by atoms with Crippen molar-refractivity contribution in [3.05, 3.63) is 65.7 Å². The van der Waals surface area contributed by atoms with E-state index in [0.717, 1.165) is 6.54 Å². The van der Waals surface area contributed by atoms with E-state index in [2.05, 4.69) is 58.4 Å². The summed E-state index contributed by atoms with van der Waals surface area (Å²) in [6, 6.07) is 19.1. The average Bonchev–Trinajstić information content (AvgIpc) is 3.03. The van der Waals surface area contributed by atoms with E-state index in [0.29, 0.717) is 0 Å². The van der Waals surface area contributed by atoms with E-state index in [1.54, 1.807) is 0 Å². The summed E-state index contributed by atoms with van der Waals surface area (Å²) in [4.78, 5) is 6.95. The molecule has 102 valence electrons. The van der Waals surface area contributed by atoms with Crippen molar-refractivity contribution in [2.24, 2.45) is 4.99 Å². The zero-order valence-corrected chi connectivity index (χ0v) is 11.7. The van der Waals surface area contributed by atoms with Gasteiger partial charge in [-0.05, 0) is 36.1 Å². The summed E-state index contributed by atoms with van der Waals surface area (Å²) in [6.07, 6.45) is 4.60. The molecule has 0 amide bonds. The standard InChI is InChI=1S/C18H20N2/c1-2-6-16(7-3-1)14-19-15-17-8-10-18(11-9-17)20-12-4-5-13-20/h1-3,6-11,15H,4-5,12-14H2. The van der Waals surface area contributed by atoms with Crippen molar-refractivity contribution in [2.45, 2.75) is 19.4 Å². The predicted octanol–water partition coefficient (Wildman–Crippen LogP) is 3.91. The van der Waals surface area contributed by atoms with E-state index in [1.807, 2.05) is 12.3 Å². The molecule has 2 nitrogen and oxygen atoms in total. The highest BCUT2D eigenvalue weighted by Crippen LogP contribution is 2.19. The molecular formula is C18H20N2. The van der Waals surface area contributed by atoms with Gasteiger partial charge in [-0.15, -0.1) is 0 Å². The van der Waals surface area contributed by atoms with Gasteiger partial charge in [0.1, 0.15) is 0 Å². The first-order chi connectivity index (χ1) is 9.92. The van der Waals surface area contributed by atoms with Crippen LogP contribution in [0.5, 0.6) is 0 Å². The fraction of sp³-hybridized carbons (Fsp3) is 0.278. The smallest absolute Gasteiger partial charge is 0.0639 e. The van der Waals surface area contributed by atoms with Crippen molar-refractivity contribution in [1.29, 1.82) is 0 Å². The van der Waals surface area contributed by atoms with Crippen molar-refractivity contribution in [2.75, 3.05) is 18.0 Å². The van der Waals surface area contributed by atoms with E-state index < -0.39 is 0 Å².